The van der Waals surface area contributed by atoms with Gasteiger partial charge in [-0.2, -0.15) is 0 Å². The molecule has 13 heteroatoms. The van der Waals surface area contributed by atoms with E-state index in [0.717, 1.165) is 54.3 Å². The number of aromatic nitrogens is 2. The van der Waals surface area contributed by atoms with Gasteiger partial charge < -0.3 is 29.4 Å². The number of nitrogens with one attached hydrogen (secondary N) is 2. The summed E-state index contributed by atoms with van der Waals surface area (Å²) in [5, 5.41) is 2.96. The van der Waals surface area contributed by atoms with Gasteiger partial charge in [0.2, 0.25) is 5.79 Å². The zero-order chi connectivity index (χ0) is 37.7. The van der Waals surface area contributed by atoms with E-state index in [1.807, 2.05) is 45.2 Å². The van der Waals surface area contributed by atoms with Crippen molar-refractivity contribution >= 4 is 23.5 Å². The van der Waals surface area contributed by atoms with Crippen molar-refractivity contribution in [1.82, 2.24) is 20.2 Å². The molecule has 1 saturated heterocycles. The predicted molar refractivity (Wildman–Crippen MR) is 202 cm³/mol. The highest BCUT2D eigenvalue weighted by atomic mass is 32.2. The first-order valence-electron chi connectivity index (χ1n) is 18.2. The Morgan fingerprint density at radius 3 is 2.50 bits per heavy atom. The molecule has 0 radical (unpaired) electrons. The second kappa shape index (κ2) is 17.0. The number of thioether (sulfide) groups is 1. The van der Waals surface area contributed by atoms with Gasteiger partial charge in [0.15, 0.2) is 11.5 Å². The van der Waals surface area contributed by atoms with Gasteiger partial charge in [-0.1, -0.05) is 13.3 Å². The lowest BCUT2D eigenvalue weighted by Crippen LogP contribution is -2.45. The van der Waals surface area contributed by atoms with Crippen LogP contribution in [-0.4, -0.2) is 84.2 Å². The molecule has 4 atom stereocenters. The molecule has 1 fully saturated rings. The van der Waals surface area contributed by atoms with Crippen molar-refractivity contribution < 1.29 is 27.8 Å². The molecule has 0 aliphatic carbocycles. The van der Waals surface area contributed by atoms with Crippen LogP contribution < -0.4 is 25.2 Å². The molecule has 0 spiro atoms. The number of rotatable bonds is 15. The zero-order valence-electron chi connectivity index (χ0n) is 31.6. The highest BCUT2D eigenvalue weighted by Crippen LogP contribution is 2.50. The maximum Gasteiger partial charge on any atom is 0.254 e. The lowest BCUT2D eigenvalue weighted by Gasteiger charge is -2.36. The van der Waals surface area contributed by atoms with E-state index in [1.165, 1.54) is 11.8 Å². The molecule has 4 heterocycles. The number of H-pyrrole nitrogens is 1. The second-order valence-electron chi connectivity index (χ2n) is 14.3. The van der Waals surface area contributed by atoms with Crippen LogP contribution in [0, 0.1) is 13.8 Å². The van der Waals surface area contributed by atoms with Gasteiger partial charge in [0.1, 0.15) is 5.82 Å². The van der Waals surface area contributed by atoms with Gasteiger partial charge in [-0.15, -0.1) is 11.8 Å². The number of aromatic amines is 1. The topological polar surface area (TPSA) is 109 Å². The van der Waals surface area contributed by atoms with E-state index in [0.29, 0.717) is 46.6 Å². The first-order chi connectivity index (χ1) is 24.7. The third-order valence-corrected chi connectivity index (χ3v) is 10.7. The van der Waals surface area contributed by atoms with Crippen molar-refractivity contribution in [3.05, 3.63) is 63.2 Å². The Labute approximate surface area is 310 Å². The second-order valence-corrected chi connectivity index (χ2v) is 15.2. The third kappa shape index (κ3) is 9.27. The monoisotopic (exact) mass is 741 g/mol. The summed E-state index contributed by atoms with van der Waals surface area (Å²) in [6.45, 7) is 13.0. The lowest BCUT2D eigenvalue weighted by molar-refractivity contribution is -0.0707. The Morgan fingerprint density at radius 1 is 1.15 bits per heavy atom. The first kappa shape index (κ1) is 39.5. The summed E-state index contributed by atoms with van der Waals surface area (Å²) in [4.78, 5) is 39.1. The number of pyridine rings is 2. The standard InChI is InChI=1S/C39H53F2N5O5S/c1-9-11-28(45(7)22-33(40)41)12-10-15-39(6)50-35-26(5)29(37(47)43-19-31-32(52-8)16-23(2)44-38(31)48)17-30(36(35)51-39)27-13-14-34(42-18-27)46-20-24(3)49-25(4)21-46/h13-14,16-18,24-25,28,33H,9-12,15,19-22H2,1-8H3,(H,43,47)(H,44,48)/t24-,25+,28-,39?/m1/s1. The van der Waals surface area contributed by atoms with E-state index < -0.39 is 12.2 Å². The molecular weight excluding hydrogens is 689 g/mol. The molecule has 1 aromatic carbocycles. The van der Waals surface area contributed by atoms with Crippen molar-refractivity contribution in [3.63, 3.8) is 0 Å². The number of anilines is 1. The maximum absolute atomic E-state index is 13.9. The Balaban J connectivity index is 1.44. The third-order valence-electron chi connectivity index (χ3n) is 9.88. The van der Waals surface area contributed by atoms with Crippen LogP contribution in [0.2, 0.25) is 0 Å². The fourth-order valence-corrected chi connectivity index (χ4v) is 8.01. The molecular formula is C39H53F2N5O5S. The number of carbonyl (C=O) groups excluding carboxylic acids is 1. The Hall–Kier alpha value is -3.68. The van der Waals surface area contributed by atoms with Gasteiger partial charge in [0, 0.05) is 83.6 Å². The van der Waals surface area contributed by atoms with Crippen LogP contribution in [-0.2, 0) is 11.3 Å². The average Bonchev–Trinajstić information content (AvgIpc) is 3.44. The van der Waals surface area contributed by atoms with E-state index in [2.05, 4.69) is 36.0 Å². The van der Waals surface area contributed by atoms with Crippen molar-refractivity contribution in [1.29, 1.82) is 0 Å². The summed E-state index contributed by atoms with van der Waals surface area (Å²) in [5.41, 5.74) is 3.44. The van der Waals surface area contributed by atoms with Crippen LogP contribution in [0.1, 0.15) is 87.0 Å². The number of nitrogens with zero attached hydrogens (tertiary/aromatic N) is 3. The molecule has 1 amide bonds. The molecule has 2 aliphatic heterocycles. The summed E-state index contributed by atoms with van der Waals surface area (Å²) in [5.74, 6) is 0.449. The molecule has 2 aliphatic rings. The molecule has 284 valence electrons. The van der Waals surface area contributed by atoms with E-state index >= 15 is 0 Å². The van der Waals surface area contributed by atoms with Gasteiger partial charge in [0.05, 0.1) is 18.8 Å². The lowest BCUT2D eigenvalue weighted by atomic mass is 9.97. The van der Waals surface area contributed by atoms with Crippen molar-refractivity contribution in [2.75, 3.05) is 37.8 Å². The number of morpholine rings is 1. The summed E-state index contributed by atoms with van der Waals surface area (Å²) >= 11 is 1.46. The summed E-state index contributed by atoms with van der Waals surface area (Å²) < 4.78 is 45.5. The summed E-state index contributed by atoms with van der Waals surface area (Å²) in [6.07, 6.45) is 5.11. The van der Waals surface area contributed by atoms with Crippen LogP contribution in [0.15, 0.2) is 40.2 Å². The Bertz CT molecular complexity index is 1760. The Kier molecular flexibility index (Phi) is 12.9. The number of carbonyl (C=O) groups is 1. The number of fused-ring (bicyclic) bond motifs is 1. The zero-order valence-corrected chi connectivity index (χ0v) is 32.4. The van der Waals surface area contributed by atoms with Crippen molar-refractivity contribution in [2.24, 2.45) is 0 Å². The number of amides is 1. The number of benzene rings is 1. The Morgan fingerprint density at radius 2 is 1.87 bits per heavy atom. The number of hydrogen-bond acceptors (Lipinski definition) is 9. The summed E-state index contributed by atoms with van der Waals surface area (Å²) in [6, 6.07) is 7.67. The van der Waals surface area contributed by atoms with Crippen molar-refractivity contribution in [2.45, 2.75) is 116 Å². The number of alkyl halides is 2. The quantitative estimate of drug-likeness (QED) is 0.155. The predicted octanol–water partition coefficient (Wildman–Crippen LogP) is 7.34. The SMILES string of the molecule is CCC[C@H](CCCC1(C)Oc2c(-c3ccc(N4C[C@@H](C)O[C@@H](C)C4)nc3)cc(C(=O)NCc3c(SC)cc(C)[nH]c3=O)c(C)c2O1)N(C)CC(F)F. The smallest absolute Gasteiger partial charge is 0.254 e. The summed E-state index contributed by atoms with van der Waals surface area (Å²) in [7, 11) is 1.76. The van der Waals surface area contributed by atoms with E-state index in [9.17, 15) is 18.4 Å². The van der Waals surface area contributed by atoms with Gasteiger partial charge in [0.25, 0.3) is 17.9 Å². The molecule has 0 bridgehead atoms. The fraction of sp³-hybridized carbons (Fsp3) is 0.564. The van der Waals surface area contributed by atoms with Gasteiger partial charge in [-0.05, 0) is 84.5 Å². The minimum atomic E-state index is -2.39. The molecule has 2 N–H and O–H groups in total. The normalized spacial score (nSPS) is 20.5. The van der Waals surface area contributed by atoms with Gasteiger partial charge >= 0.3 is 0 Å². The largest absolute Gasteiger partial charge is 0.448 e. The highest BCUT2D eigenvalue weighted by molar-refractivity contribution is 7.98. The molecule has 3 aromatic rings. The molecule has 10 nitrogen and oxygen atoms in total. The van der Waals surface area contributed by atoms with E-state index in [-0.39, 0.29) is 42.8 Å². The van der Waals surface area contributed by atoms with Gasteiger partial charge in [-0.3, -0.25) is 14.5 Å². The highest BCUT2D eigenvalue weighted by Gasteiger charge is 2.41. The van der Waals surface area contributed by atoms with Crippen LogP contribution >= 0.6 is 11.8 Å². The molecule has 2 aromatic heterocycles. The molecule has 5 rings (SSSR count). The first-order valence-corrected chi connectivity index (χ1v) is 19.4. The number of aryl methyl sites for hydroxylation is 1. The van der Waals surface area contributed by atoms with Crippen molar-refractivity contribution in [3.8, 4) is 22.6 Å². The fourth-order valence-electron chi connectivity index (χ4n) is 7.30. The maximum atomic E-state index is 13.9. The number of halogens is 2. The van der Waals surface area contributed by atoms with Gasteiger partial charge in [-0.25, -0.2) is 13.8 Å². The number of ether oxygens (including phenoxy) is 3. The molecule has 1 unspecified atom stereocenters. The molecule has 0 saturated carbocycles. The number of hydrogen-bond donors (Lipinski definition) is 2. The minimum Gasteiger partial charge on any atom is -0.448 e. The van der Waals surface area contributed by atoms with Crippen LogP contribution in [0.4, 0.5) is 14.6 Å². The average molecular weight is 742 g/mol. The van der Waals surface area contributed by atoms with Crippen LogP contribution in [0.5, 0.6) is 11.5 Å². The van der Waals surface area contributed by atoms with Crippen LogP contribution in [0.3, 0.4) is 0 Å². The molecule has 52 heavy (non-hydrogen) atoms. The van der Waals surface area contributed by atoms with E-state index in [4.69, 9.17) is 19.2 Å². The van der Waals surface area contributed by atoms with E-state index in [1.54, 1.807) is 24.2 Å². The van der Waals surface area contributed by atoms with Crippen LogP contribution in [0.25, 0.3) is 11.1 Å². The minimum absolute atomic E-state index is 0.0217.